The maximum atomic E-state index is 12.4. The number of fused-ring (bicyclic) bond motifs is 1. The van der Waals surface area contributed by atoms with Gasteiger partial charge in [0.05, 0.1) is 38.3 Å². The molecule has 0 spiro atoms. The molecule has 0 aromatic heterocycles. The lowest BCUT2D eigenvalue weighted by Crippen LogP contribution is -2.30. The Morgan fingerprint density at radius 1 is 0.875 bits per heavy atom. The van der Waals surface area contributed by atoms with E-state index in [1.807, 2.05) is 0 Å². The largest absolute Gasteiger partial charge is 0.469 e. The molecule has 2 amide bonds. The summed E-state index contributed by atoms with van der Waals surface area (Å²) < 4.78 is 4.54. The Bertz CT molecular complexity index is 673. The van der Waals surface area contributed by atoms with Crippen molar-refractivity contribution in [3.63, 3.8) is 0 Å². The highest BCUT2D eigenvalue weighted by Crippen LogP contribution is 2.44. The molecule has 1 aliphatic rings. The fourth-order valence-electron chi connectivity index (χ4n) is 2.42. The van der Waals surface area contributed by atoms with E-state index in [1.54, 1.807) is 0 Å². The second kappa shape index (κ2) is 7.91. The topological polar surface area (TPSA) is 63.7 Å². The second-order valence-corrected chi connectivity index (χ2v) is 6.67. The summed E-state index contributed by atoms with van der Waals surface area (Å²) in [6.45, 7) is 0.190. The van der Waals surface area contributed by atoms with Crippen molar-refractivity contribution in [3.05, 3.63) is 31.2 Å². The standard InChI is InChI=1S/C15H13Cl4NO4/c1-24-7(21)5-3-2-4-6-20-14(22)8-9(15(20)23)11(17)13(19)12(18)10(8)16/h2-6H2,1H3. The fraction of sp³-hybridized carbons (Fsp3) is 0.400. The van der Waals surface area contributed by atoms with Gasteiger partial charge in [-0.05, 0) is 12.8 Å². The lowest BCUT2D eigenvalue weighted by Gasteiger charge is -2.13. The molecule has 0 bridgehead atoms. The number of amides is 2. The van der Waals surface area contributed by atoms with Gasteiger partial charge in [-0.2, -0.15) is 0 Å². The number of esters is 1. The Hall–Kier alpha value is -1.01. The number of hydrogen-bond acceptors (Lipinski definition) is 4. The number of ether oxygens (including phenoxy) is 1. The summed E-state index contributed by atoms with van der Waals surface area (Å²) in [5.41, 5.74) is -0.0359. The Balaban J connectivity index is 2.09. The van der Waals surface area contributed by atoms with E-state index in [-0.39, 0.29) is 43.7 Å². The number of hydrogen-bond donors (Lipinski definition) is 0. The zero-order valence-corrected chi connectivity index (χ0v) is 15.7. The highest BCUT2D eigenvalue weighted by Gasteiger charge is 2.41. The third-order valence-corrected chi connectivity index (χ3v) is 5.48. The van der Waals surface area contributed by atoms with Crippen LogP contribution < -0.4 is 0 Å². The molecule has 0 unspecified atom stereocenters. The molecule has 0 fully saturated rings. The van der Waals surface area contributed by atoms with Gasteiger partial charge in [0, 0.05) is 13.0 Å². The van der Waals surface area contributed by atoms with Gasteiger partial charge in [-0.25, -0.2) is 0 Å². The highest BCUT2D eigenvalue weighted by atomic mass is 35.5. The molecule has 0 atom stereocenters. The molecule has 0 saturated heterocycles. The van der Waals surface area contributed by atoms with E-state index in [0.717, 1.165) is 4.90 Å². The minimum atomic E-state index is -0.548. The van der Waals surface area contributed by atoms with Crippen LogP contribution in [0.25, 0.3) is 0 Å². The summed E-state index contributed by atoms with van der Waals surface area (Å²) >= 11 is 24.0. The van der Waals surface area contributed by atoms with Gasteiger partial charge in [-0.15, -0.1) is 0 Å². The van der Waals surface area contributed by atoms with Crippen LogP contribution in [0.15, 0.2) is 0 Å². The van der Waals surface area contributed by atoms with Crippen LogP contribution in [0.4, 0.5) is 0 Å². The van der Waals surface area contributed by atoms with Crippen molar-refractivity contribution in [1.29, 1.82) is 0 Å². The zero-order valence-electron chi connectivity index (χ0n) is 12.6. The number of carbonyl (C=O) groups is 3. The number of benzene rings is 1. The maximum Gasteiger partial charge on any atom is 0.305 e. The molecule has 0 saturated carbocycles. The first-order valence-corrected chi connectivity index (χ1v) is 8.61. The van der Waals surface area contributed by atoms with Gasteiger partial charge in [0.25, 0.3) is 11.8 Å². The van der Waals surface area contributed by atoms with Gasteiger partial charge in [-0.1, -0.05) is 52.8 Å². The smallest absolute Gasteiger partial charge is 0.305 e. The lowest BCUT2D eigenvalue weighted by atomic mass is 10.1. The van der Waals surface area contributed by atoms with Gasteiger partial charge >= 0.3 is 5.97 Å². The minimum Gasteiger partial charge on any atom is -0.469 e. The lowest BCUT2D eigenvalue weighted by molar-refractivity contribution is -0.140. The van der Waals surface area contributed by atoms with Crippen LogP contribution in [0.2, 0.25) is 20.1 Å². The summed E-state index contributed by atoms with van der Waals surface area (Å²) in [4.78, 5) is 37.0. The second-order valence-electron chi connectivity index (χ2n) is 5.15. The monoisotopic (exact) mass is 411 g/mol. The Morgan fingerprint density at radius 2 is 1.38 bits per heavy atom. The third kappa shape index (κ3) is 3.49. The Kier molecular flexibility index (Phi) is 6.37. The molecular weight excluding hydrogens is 400 g/mol. The molecule has 1 aromatic rings. The van der Waals surface area contributed by atoms with Crippen LogP contribution in [0, 0.1) is 0 Å². The molecule has 1 heterocycles. The van der Waals surface area contributed by atoms with Gasteiger partial charge in [-0.3, -0.25) is 19.3 Å². The predicted octanol–water partition coefficient (Wildman–Crippen LogP) is 4.63. The van der Waals surface area contributed by atoms with Crippen LogP contribution >= 0.6 is 46.4 Å². The van der Waals surface area contributed by atoms with Crippen molar-refractivity contribution in [1.82, 2.24) is 4.90 Å². The molecule has 0 aliphatic carbocycles. The van der Waals surface area contributed by atoms with Crippen molar-refractivity contribution in [2.45, 2.75) is 25.7 Å². The summed E-state index contributed by atoms with van der Waals surface area (Å²) in [7, 11) is 1.32. The van der Waals surface area contributed by atoms with Gasteiger partial charge in [0.2, 0.25) is 0 Å². The molecule has 9 heteroatoms. The molecule has 5 nitrogen and oxygen atoms in total. The summed E-state index contributed by atoms with van der Waals surface area (Å²) in [5.74, 6) is -1.39. The molecule has 24 heavy (non-hydrogen) atoms. The Labute approximate surface area is 158 Å². The minimum absolute atomic E-state index is 0.0179. The Morgan fingerprint density at radius 3 is 1.83 bits per heavy atom. The van der Waals surface area contributed by atoms with Crippen LogP contribution in [-0.2, 0) is 9.53 Å². The van der Waals surface area contributed by atoms with Crippen LogP contribution in [0.1, 0.15) is 46.4 Å². The number of methoxy groups -OCH3 is 1. The van der Waals surface area contributed by atoms with Crippen molar-refractivity contribution in [3.8, 4) is 0 Å². The summed E-state index contributed by atoms with van der Waals surface area (Å²) in [6, 6.07) is 0. The van der Waals surface area contributed by atoms with Crippen LogP contribution in [0.5, 0.6) is 0 Å². The van der Waals surface area contributed by atoms with Gasteiger partial charge in [0.1, 0.15) is 0 Å². The van der Waals surface area contributed by atoms with E-state index in [2.05, 4.69) is 4.74 Å². The highest BCUT2D eigenvalue weighted by molar-refractivity contribution is 6.55. The fourth-order valence-corrected chi connectivity index (χ4v) is 3.43. The van der Waals surface area contributed by atoms with E-state index in [1.165, 1.54) is 7.11 Å². The molecule has 0 radical (unpaired) electrons. The van der Waals surface area contributed by atoms with Crippen LogP contribution in [-0.4, -0.2) is 36.3 Å². The number of unbranched alkanes of at least 4 members (excludes halogenated alkanes) is 2. The molecule has 2 rings (SSSR count). The molecule has 130 valence electrons. The van der Waals surface area contributed by atoms with E-state index in [0.29, 0.717) is 25.7 Å². The van der Waals surface area contributed by atoms with Crippen molar-refractivity contribution in [2.24, 2.45) is 0 Å². The van der Waals surface area contributed by atoms with Crippen molar-refractivity contribution >= 4 is 64.2 Å². The first kappa shape index (κ1) is 19.3. The zero-order chi connectivity index (χ0) is 18.0. The third-order valence-electron chi connectivity index (χ3n) is 3.68. The number of halogens is 4. The molecule has 1 aromatic carbocycles. The first-order chi connectivity index (χ1) is 11.3. The van der Waals surface area contributed by atoms with Crippen molar-refractivity contribution < 1.29 is 19.1 Å². The van der Waals surface area contributed by atoms with Crippen LogP contribution in [0.3, 0.4) is 0 Å². The number of carbonyl (C=O) groups excluding carboxylic acids is 3. The van der Waals surface area contributed by atoms with Gasteiger partial charge < -0.3 is 4.74 Å². The summed E-state index contributed by atoms with van der Waals surface area (Å²) in [5, 5.41) is -0.258. The molecular formula is C15H13Cl4NO4. The molecule has 0 N–H and O–H groups in total. The van der Waals surface area contributed by atoms with E-state index in [4.69, 9.17) is 46.4 Å². The average Bonchev–Trinajstić information content (AvgIpc) is 2.81. The SMILES string of the molecule is COC(=O)CCCCCN1C(=O)c2c(Cl)c(Cl)c(Cl)c(Cl)c2C1=O. The molecule has 1 aliphatic heterocycles. The quantitative estimate of drug-likeness (QED) is 0.224. The van der Waals surface area contributed by atoms with Gasteiger partial charge in [0.15, 0.2) is 0 Å². The van der Waals surface area contributed by atoms with E-state index >= 15 is 0 Å². The first-order valence-electron chi connectivity index (χ1n) is 7.10. The number of rotatable bonds is 6. The predicted molar refractivity (Wildman–Crippen MR) is 92.3 cm³/mol. The average molecular weight is 413 g/mol. The number of imide groups is 1. The van der Waals surface area contributed by atoms with Crippen molar-refractivity contribution in [2.75, 3.05) is 13.7 Å². The van der Waals surface area contributed by atoms with E-state index < -0.39 is 11.8 Å². The van der Waals surface area contributed by atoms with E-state index in [9.17, 15) is 14.4 Å². The normalized spacial score (nSPS) is 13.5. The maximum absolute atomic E-state index is 12.4. The number of nitrogens with zero attached hydrogens (tertiary/aromatic N) is 1. The summed E-state index contributed by atoms with van der Waals surface area (Å²) in [6.07, 6.45) is 2.10.